The first-order chi connectivity index (χ1) is 12.0. The summed E-state index contributed by atoms with van der Waals surface area (Å²) in [6.45, 7) is 1.81. The highest BCUT2D eigenvalue weighted by Gasteiger charge is 2.36. The van der Waals surface area contributed by atoms with Gasteiger partial charge in [0.05, 0.1) is 17.0 Å². The number of nitriles is 1. The van der Waals surface area contributed by atoms with Gasteiger partial charge in [-0.15, -0.1) is 0 Å². The Bertz CT molecular complexity index is 1140. The van der Waals surface area contributed by atoms with E-state index in [0.717, 1.165) is 10.9 Å². The predicted molar refractivity (Wildman–Crippen MR) is 91.9 cm³/mol. The first-order valence-corrected chi connectivity index (χ1v) is 7.78. The normalized spacial score (nSPS) is 16.4. The van der Waals surface area contributed by atoms with Crippen LogP contribution in [-0.2, 0) is 7.05 Å². The molecule has 2 aromatic heterocycles. The number of nitrogens with zero attached hydrogens (tertiary/aromatic N) is 2. The van der Waals surface area contributed by atoms with Crippen molar-refractivity contribution in [3.63, 3.8) is 0 Å². The molecule has 0 amide bonds. The lowest BCUT2D eigenvalue weighted by molar-refractivity contribution is 0.383. The zero-order chi connectivity index (χ0) is 17.7. The minimum atomic E-state index is -0.689. The van der Waals surface area contributed by atoms with Crippen molar-refractivity contribution in [1.29, 1.82) is 5.26 Å². The predicted octanol–water partition coefficient (Wildman–Crippen LogP) is 2.66. The monoisotopic (exact) mass is 333 g/mol. The molecule has 0 unspecified atom stereocenters. The second-order valence-electron chi connectivity index (χ2n) is 6.00. The van der Waals surface area contributed by atoms with Crippen molar-refractivity contribution in [2.45, 2.75) is 12.8 Å². The van der Waals surface area contributed by atoms with Gasteiger partial charge in [0.15, 0.2) is 0 Å². The quantitative estimate of drug-likeness (QED) is 0.739. The van der Waals surface area contributed by atoms with Crippen molar-refractivity contribution in [1.82, 2.24) is 4.57 Å². The molecule has 0 saturated heterocycles. The van der Waals surface area contributed by atoms with E-state index in [9.17, 15) is 10.1 Å². The highest BCUT2D eigenvalue weighted by atomic mass is 16.5. The van der Waals surface area contributed by atoms with E-state index >= 15 is 0 Å². The van der Waals surface area contributed by atoms with E-state index in [1.807, 2.05) is 24.3 Å². The van der Waals surface area contributed by atoms with Crippen LogP contribution in [0.5, 0.6) is 5.75 Å². The second kappa shape index (κ2) is 5.28. The maximum atomic E-state index is 13.1. The van der Waals surface area contributed by atoms with Gasteiger partial charge in [-0.25, -0.2) is 0 Å². The number of furan rings is 1. The summed E-state index contributed by atoms with van der Waals surface area (Å²) in [5.41, 5.74) is 7.03. The third kappa shape index (κ3) is 2.06. The van der Waals surface area contributed by atoms with Gasteiger partial charge in [-0.05, 0) is 31.2 Å². The Morgan fingerprint density at radius 1 is 1.24 bits per heavy atom. The fourth-order valence-corrected chi connectivity index (χ4v) is 3.32. The van der Waals surface area contributed by atoms with Gasteiger partial charge in [-0.2, -0.15) is 5.26 Å². The topological polar surface area (TPSA) is 94.2 Å². The van der Waals surface area contributed by atoms with Crippen LogP contribution in [0.3, 0.4) is 0 Å². The van der Waals surface area contributed by atoms with Gasteiger partial charge < -0.3 is 19.5 Å². The summed E-state index contributed by atoms with van der Waals surface area (Å²) in [7, 11) is 1.70. The lowest BCUT2D eigenvalue weighted by Crippen LogP contribution is -2.30. The third-order valence-electron chi connectivity index (χ3n) is 4.51. The number of aromatic nitrogens is 1. The Morgan fingerprint density at radius 3 is 2.68 bits per heavy atom. The number of benzene rings is 1. The maximum Gasteiger partial charge on any atom is 0.258 e. The van der Waals surface area contributed by atoms with E-state index in [0.29, 0.717) is 22.8 Å². The molecule has 124 valence electrons. The first-order valence-electron chi connectivity index (χ1n) is 7.78. The molecule has 25 heavy (non-hydrogen) atoms. The molecule has 3 aromatic rings. The van der Waals surface area contributed by atoms with Crippen molar-refractivity contribution in [3.8, 4) is 11.8 Å². The Morgan fingerprint density at radius 2 is 2.00 bits per heavy atom. The number of pyridine rings is 1. The Balaban J connectivity index is 2.14. The zero-order valence-corrected chi connectivity index (χ0v) is 13.7. The van der Waals surface area contributed by atoms with Crippen LogP contribution < -0.4 is 16.0 Å². The first kappa shape index (κ1) is 15.1. The number of hydrogen-bond donors (Lipinski definition) is 1. The fourth-order valence-electron chi connectivity index (χ4n) is 3.32. The molecule has 4 rings (SSSR count). The summed E-state index contributed by atoms with van der Waals surface area (Å²) in [5.74, 6) is 0.873. The molecule has 0 fully saturated rings. The summed E-state index contributed by atoms with van der Waals surface area (Å²) < 4.78 is 13.0. The number of rotatable bonds is 1. The average molecular weight is 333 g/mol. The summed E-state index contributed by atoms with van der Waals surface area (Å²) in [6.07, 6.45) is 0. The smallest absolute Gasteiger partial charge is 0.258 e. The van der Waals surface area contributed by atoms with Crippen LogP contribution in [0, 0.1) is 18.3 Å². The SMILES string of the molecule is Cc1ccc([C@@H]2C(C#N)=C(N)Oc3c2c(=O)n(C)c2ccccc32)o1. The number of aryl methyl sites for hydroxylation is 2. The number of allylic oxidation sites excluding steroid dienone is 1. The number of para-hydroxylation sites is 1. The van der Waals surface area contributed by atoms with E-state index < -0.39 is 5.92 Å². The number of nitrogens with two attached hydrogens (primary N) is 1. The summed E-state index contributed by atoms with van der Waals surface area (Å²) >= 11 is 0. The van der Waals surface area contributed by atoms with Crippen molar-refractivity contribution >= 4 is 10.9 Å². The lowest BCUT2D eigenvalue weighted by atomic mass is 9.87. The molecule has 1 aromatic carbocycles. The van der Waals surface area contributed by atoms with Gasteiger partial charge in [-0.3, -0.25) is 4.79 Å². The van der Waals surface area contributed by atoms with E-state index in [4.69, 9.17) is 14.9 Å². The van der Waals surface area contributed by atoms with E-state index in [1.54, 1.807) is 30.7 Å². The second-order valence-corrected chi connectivity index (χ2v) is 6.00. The van der Waals surface area contributed by atoms with Crippen LogP contribution in [0.1, 0.15) is 23.0 Å². The largest absolute Gasteiger partial charge is 0.465 e. The Hall–Kier alpha value is -3.46. The molecule has 1 atom stereocenters. The number of ether oxygens (including phenoxy) is 1. The van der Waals surface area contributed by atoms with Crippen LogP contribution in [0.4, 0.5) is 0 Å². The van der Waals surface area contributed by atoms with Gasteiger partial charge in [-0.1, -0.05) is 12.1 Å². The molecule has 1 aliphatic rings. The minimum Gasteiger partial charge on any atom is -0.465 e. The van der Waals surface area contributed by atoms with Gasteiger partial charge in [0.25, 0.3) is 5.56 Å². The Kier molecular flexibility index (Phi) is 3.19. The molecule has 2 N–H and O–H groups in total. The highest BCUT2D eigenvalue weighted by Crippen LogP contribution is 2.43. The molecule has 0 aliphatic carbocycles. The molecule has 6 heteroatoms. The van der Waals surface area contributed by atoms with Crippen molar-refractivity contribution in [2.24, 2.45) is 12.8 Å². The van der Waals surface area contributed by atoms with Crippen LogP contribution in [0.25, 0.3) is 10.9 Å². The summed E-state index contributed by atoms with van der Waals surface area (Å²) in [4.78, 5) is 13.1. The molecular formula is C19H15N3O3. The summed E-state index contributed by atoms with van der Waals surface area (Å²) in [5, 5.41) is 10.3. The third-order valence-corrected chi connectivity index (χ3v) is 4.51. The van der Waals surface area contributed by atoms with Gasteiger partial charge in [0.2, 0.25) is 5.88 Å². The van der Waals surface area contributed by atoms with Crippen molar-refractivity contribution in [3.05, 3.63) is 75.3 Å². The van der Waals surface area contributed by atoms with Crippen LogP contribution in [-0.4, -0.2) is 4.57 Å². The maximum absolute atomic E-state index is 13.1. The number of hydrogen-bond acceptors (Lipinski definition) is 5. The molecular weight excluding hydrogens is 318 g/mol. The van der Waals surface area contributed by atoms with Crippen molar-refractivity contribution < 1.29 is 9.15 Å². The molecule has 0 radical (unpaired) electrons. The molecule has 0 spiro atoms. The van der Waals surface area contributed by atoms with Crippen LogP contribution in [0.2, 0.25) is 0 Å². The highest BCUT2D eigenvalue weighted by molar-refractivity contribution is 5.88. The van der Waals surface area contributed by atoms with Crippen LogP contribution in [0.15, 0.2) is 57.1 Å². The molecule has 1 aliphatic heterocycles. The molecule has 0 bridgehead atoms. The molecule has 3 heterocycles. The van der Waals surface area contributed by atoms with E-state index in [2.05, 4.69) is 6.07 Å². The standard InChI is InChI=1S/C19H15N3O3/c1-10-7-8-14(24-10)15-12(9-20)18(21)25-17-11-5-3-4-6-13(11)22(2)19(23)16(15)17/h3-8,15H,21H2,1-2H3/t15-/m0/s1. The van der Waals surface area contributed by atoms with Crippen LogP contribution >= 0.6 is 0 Å². The van der Waals surface area contributed by atoms with Gasteiger partial charge in [0.1, 0.15) is 28.9 Å². The molecule has 6 nitrogen and oxygen atoms in total. The minimum absolute atomic E-state index is 0.00698. The average Bonchev–Trinajstić information content (AvgIpc) is 3.04. The van der Waals surface area contributed by atoms with E-state index in [1.165, 1.54) is 0 Å². The lowest BCUT2D eigenvalue weighted by Gasteiger charge is -2.26. The van der Waals surface area contributed by atoms with E-state index in [-0.39, 0.29) is 17.0 Å². The van der Waals surface area contributed by atoms with Gasteiger partial charge >= 0.3 is 0 Å². The van der Waals surface area contributed by atoms with Gasteiger partial charge in [0, 0.05) is 12.4 Å². The summed E-state index contributed by atoms with van der Waals surface area (Å²) in [6, 6.07) is 13.0. The zero-order valence-electron chi connectivity index (χ0n) is 13.7. The Labute approximate surface area is 143 Å². The van der Waals surface area contributed by atoms with Crippen molar-refractivity contribution in [2.75, 3.05) is 0 Å². The molecule has 0 saturated carbocycles. The fraction of sp³-hybridized carbons (Fsp3) is 0.158. The number of fused-ring (bicyclic) bond motifs is 3.